The summed E-state index contributed by atoms with van der Waals surface area (Å²) in [5, 5.41) is 12.8. The molecule has 3 heteroatoms. The van der Waals surface area contributed by atoms with E-state index in [4.69, 9.17) is 4.74 Å². The van der Waals surface area contributed by atoms with E-state index in [0.29, 0.717) is 12.2 Å². The number of nitriles is 1. The van der Waals surface area contributed by atoms with E-state index in [2.05, 4.69) is 24.3 Å². The molecule has 4 rings (SSSR count). The Labute approximate surface area is 140 Å². The van der Waals surface area contributed by atoms with E-state index >= 15 is 0 Å². The summed E-state index contributed by atoms with van der Waals surface area (Å²) in [7, 11) is 1.98. The highest BCUT2D eigenvalue weighted by molar-refractivity contribution is 5.89. The number of hydrogen-bond acceptors (Lipinski definition) is 2. The number of aryl methyl sites for hydroxylation is 1. The molecule has 0 aliphatic carbocycles. The molecule has 4 aromatic rings. The molecule has 0 spiro atoms. The van der Waals surface area contributed by atoms with Crippen LogP contribution >= 0.6 is 0 Å². The third kappa shape index (κ3) is 2.21. The molecule has 0 saturated heterocycles. The second kappa shape index (κ2) is 5.75. The molecule has 1 heterocycles. The van der Waals surface area contributed by atoms with Gasteiger partial charge in [-0.25, -0.2) is 0 Å². The summed E-state index contributed by atoms with van der Waals surface area (Å²) < 4.78 is 8.13. The fourth-order valence-corrected chi connectivity index (χ4v) is 3.21. The first-order chi connectivity index (χ1) is 11.8. The van der Waals surface area contributed by atoms with Crippen molar-refractivity contribution in [2.24, 2.45) is 7.05 Å². The molecule has 0 fully saturated rings. The van der Waals surface area contributed by atoms with Crippen LogP contribution in [0.4, 0.5) is 0 Å². The summed E-state index contributed by atoms with van der Waals surface area (Å²) in [4.78, 5) is 0. The van der Waals surface area contributed by atoms with Crippen LogP contribution in [0.5, 0.6) is 5.75 Å². The van der Waals surface area contributed by atoms with Gasteiger partial charge in [0.2, 0.25) is 0 Å². The molecule has 0 N–H and O–H groups in total. The number of hydrogen-bond donors (Lipinski definition) is 0. The van der Waals surface area contributed by atoms with Crippen LogP contribution in [0.1, 0.15) is 11.3 Å². The molecule has 0 unspecified atom stereocenters. The van der Waals surface area contributed by atoms with E-state index in [1.807, 2.05) is 60.1 Å². The van der Waals surface area contributed by atoms with Crippen LogP contribution in [-0.2, 0) is 13.7 Å². The number of benzene rings is 3. The van der Waals surface area contributed by atoms with Crippen LogP contribution in [0.2, 0.25) is 0 Å². The summed E-state index contributed by atoms with van der Waals surface area (Å²) in [6.07, 6.45) is 0. The van der Waals surface area contributed by atoms with Gasteiger partial charge in [0.15, 0.2) is 0 Å². The lowest BCUT2D eigenvalue weighted by atomic mass is 10.1. The van der Waals surface area contributed by atoms with Gasteiger partial charge in [-0.3, -0.25) is 0 Å². The smallest absolute Gasteiger partial charge is 0.130 e. The van der Waals surface area contributed by atoms with Gasteiger partial charge in [-0.2, -0.15) is 5.26 Å². The number of fused-ring (bicyclic) bond motifs is 2. The van der Waals surface area contributed by atoms with E-state index in [-0.39, 0.29) is 0 Å². The van der Waals surface area contributed by atoms with Gasteiger partial charge in [0.1, 0.15) is 18.4 Å². The largest absolute Gasteiger partial charge is 0.487 e. The van der Waals surface area contributed by atoms with Crippen LogP contribution in [0.25, 0.3) is 21.7 Å². The number of nitrogens with zero attached hydrogens (tertiary/aromatic N) is 2. The minimum absolute atomic E-state index is 0.363. The number of rotatable bonds is 3. The van der Waals surface area contributed by atoms with Gasteiger partial charge in [0, 0.05) is 23.3 Å². The molecular weight excluding hydrogens is 296 g/mol. The fourth-order valence-electron chi connectivity index (χ4n) is 3.21. The lowest BCUT2D eigenvalue weighted by Crippen LogP contribution is -2.04. The van der Waals surface area contributed by atoms with E-state index in [9.17, 15) is 5.26 Å². The minimum atomic E-state index is 0.363. The molecule has 116 valence electrons. The standard InChI is InChI=1S/C21H16N2O/c1-23-19-11-5-4-10-17(19)18(13-22)20(23)14-24-21-12-6-8-15-7-2-3-9-16(15)21/h2-12H,14H2,1H3. The van der Waals surface area contributed by atoms with Gasteiger partial charge < -0.3 is 9.30 Å². The third-order valence-corrected chi connectivity index (χ3v) is 4.45. The Bertz CT molecular complexity index is 1080. The van der Waals surface area contributed by atoms with Crippen LogP contribution in [0.3, 0.4) is 0 Å². The van der Waals surface area contributed by atoms with Crippen molar-refractivity contribution in [2.75, 3.05) is 0 Å². The van der Waals surface area contributed by atoms with E-state index in [1.54, 1.807) is 0 Å². The third-order valence-electron chi connectivity index (χ3n) is 4.45. The molecule has 24 heavy (non-hydrogen) atoms. The van der Waals surface area contributed by atoms with Crippen molar-refractivity contribution < 1.29 is 4.74 Å². The topological polar surface area (TPSA) is 38.0 Å². The van der Waals surface area contributed by atoms with E-state index in [0.717, 1.165) is 33.1 Å². The van der Waals surface area contributed by atoms with Crippen molar-refractivity contribution in [3.63, 3.8) is 0 Å². The molecule has 3 nitrogen and oxygen atoms in total. The maximum atomic E-state index is 9.58. The van der Waals surface area contributed by atoms with Crippen molar-refractivity contribution in [3.05, 3.63) is 78.0 Å². The summed E-state index contributed by atoms with van der Waals surface area (Å²) in [6.45, 7) is 0.363. The normalized spacial score (nSPS) is 10.8. The molecule has 0 saturated carbocycles. The summed E-state index contributed by atoms with van der Waals surface area (Å²) in [5.41, 5.74) is 2.63. The predicted octanol–water partition coefficient (Wildman–Crippen LogP) is 4.78. The molecular formula is C21H16N2O. The zero-order chi connectivity index (χ0) is 16.5. The maximum Gasteiger partial charge on any atom is 0.130 e. The number of ether oxygens (including phenoxy) is 1. The first kappa shape index (κ1) is 14.3. The van der Waals surface area contributed by atoms with E-state index in [1.165, 1.54) is 0 Å². The molecule has 0 amide bonds. The minimum Gasteiger partial charge on any atom is -0.487 e. The monoisotopic (exact) mass is 312 g/mol. The van der Waals surface area contributed by atoms with Gasteiger partial charge >= 0.3 is 0 Å². The molecule has 0 bridgehead atoms. The Morgan fingerprint density at radius 3 is 2.46 bits per heavy atom. The SMILES string of the molecule is Cn1c(COc2cccc3ccccc23)c(C#N)c2ccccc21. The summed E-state index contributed by atoms with van der Waals surface area (Å²) in [5.74, 6) is 0.835. The fraction of sp³-hybridized carbons (Fsp3) is 0.0952. The Morgan fingerprint density at radius 1 is 0.917 bits per heavy atom. The second-order valence-electron chi connectivity index (χ2n) is 5.78. The molecule has 1 aromatic heterocycles. The molecule has 3 aromatic carbocycles. The summed E-state index contributed by atoms with van der Waals surface area (Å²) >= 11 is 0. The molecule has 0 aliphatic rings. The highest BCUT2D eigenvalue weighted by Gasteiger charge is 2.15. The number of aromatic nitrogens is 1. The maximum absolute atomic E-state index is 9.58. The van der Waals surface area contributed by atoms with Crippen molar-refractivity contribution in [2.45, 2.75) is 6.61 Å². The molecule has 0 atom stereocenters. The predicted molar refractivity (Wildman–Crippen MR) is 95.9 cm³/mol. The van der Waals surface area contributed by atoms with Crippen molar-refractivity contribution in [1.29, 1.82) is 5.26 Å². The average Bonchev–Trinajstić information content (AvgIpc) is 2.91. The summed E-state index contributed by atoms with van der Waals surface area (Å²) in [6, 6.07) is 24.5. The van der Waals surface area contributed by atoms with Crippen molar-refractivity contribution in [3.8, 4) is 11.8 Å². The zero-order valence-corrected chi connectivity index (χ0v) is 13.4. The quantitative estimate of drug-likeness (QED) is 0.546. The zero-order valence-electron chi connectivity index (χ0n) is 13.4. The van der Waals surface area contributed by atoms with Gasteiger partial charge in [0.25, 0.3) is 0 Å². The van der Waals surface area contributed by atoms with Gasteiger partial charge in [-0.15, -0.1) is 0 Å². The first-order valence-electron chi connectivity index (χ1n) is 7.86. The second-order valence-corrected chi connectivity index (χ2v) is 5.78. The van der Waals surface area contributed by atoms with Gasteiger partial charge in [-0.05, 0) is 17.5 Å². The Balaban J connectivity index is 1.75. The van der Waals surface area contributed by atoms with Gasteiger partial charge in [-0.1, -0.05) is 54.6 Å². The number of para-hydroxylation sites is 1. The molecule has 0 aliphatic heterocycles. The lowest BCUT2D eigenvalue weighted by molar-refractivity contribution is 0.301. The van der Waals surface area contributed by atoms with E-state index < -0.39 is 0 Å². The van der Waals surface area contributed by atoms with Crippen LogP contribution in [-0.4, -0.2) is 4.57 Å². The van der Waals surface area contributed by atoms with Crippen molar-refractivity contribution >= 4 is 21.7 Å². The Morgan fingerprint density at radius 2 is 1.62 bits per heavy atom. The highest BCUT2D eigenvalue weighted by Crippen LogP contribution is 2.29. The average molecular weight is 312 g/mol. The molecule has 0 radical (unpaired) electrons. The van der Waals surface area contributed by atoms with Crippen molar-refractivity contribution in [1.82, 2.24) is 4.57 Å². The first-order valence-corrected chi connectivity index (χ1v) is 7.86. The Kier molecular flexibility index (Phi) is 3.44. The van der Waals surface area contributed by atoms with Crippen LogP contribution < -0.4 is 4.74 Å². The van der Waals surface area contributed by atoms with Crippen LogP contribution in [0, 0.1) is 11.3 Å². The Hall–Kier alpha value is -3.25. The highest BCUT2D eigenvalue weighted by atomic mass is 16.5. The van der Waals surface area contributed by atoms with Crippen LogP contribution in [0.15, 0.2) is 66.7 Å². The van der Waals surface area contributed by atoms with Gasteiger partial charge in [0.05, 0.1) is 11.3 Å². The lowest BCUT2D eigenvalue weighted by Gasteiger charge is -2.10.